The molecule has 0 fully saturated rings. The van der Waals surface area contributed by atoms with Crippen LogP contribution < -0.4 is 10.6 Å². The number of nitrogens with one attached hydrogen (secondary N) is 2. The lowest BCUT2D eigenvalue weighted by Gasteiger charge is -2.20. The Bertz CT molecular complexity index is 667. The number of urea groups is 1. The number of carbonyl (C=O) groups is 1. The molecule has 0 aliphatic carbocycles. The number of pyridine rings is 1. The Morgan fingerprint density at radius 1 is 0.966 bits per heavy atom. The molecule has 0 unspecified atom stereocenters. The molecule has 1 aromatic carbocycles. The van der Waals surface area contributed by atoms with Crippen molar-refractivity contribution in [1.29, 1.82) is 0 Å². The summed E-state index contributed by atoms with van der Waals surface area (Å²) >= 11 is 0. The van der Waals surface area contributed by atoms with Gasteiger partial charge in [-0.2, -0.15) is 5.06 Å². The van der Waals surface area contributed by atoms with Crippen molar-refractivity contribution in [2.24, 2.45) is 0 Å². The van der Waals surface area contributed by atoms with Crippen molar-refractivity contribution in [3.05, 3.63) is 60.4 Å². The van der Waals surface area contributed by atoms with Crippen LogP contribution in [0.15, 0.2) is 54.9 Å². The maximum atomic E-state index is 11.8. The van der Waals surface area contributed by atoms with Crippen LogP contribution in [0, 0.1) is 0 Å². The van der Waals surface area contributed by atoms with E-state index in [2.05, 4.69) is 39.7 Å². The van der Waals surface area contributed by atoms with Crippen molar-refractivity contribution in [3.63, 3.8) is 0 Å². The molecule has 1 heterocycles. The van der Waals surface area contributed by atoms with E-state index in [1.807, 2.05) is 18.2 Å². The molecule has 0 saturated carbocycles. The third-order valence-electron chi connectivity index (χ3n) is 4.67. The molecular formula is C23H34N4O2. The normalized spacial score (nSPS) is 10.8. The van der Waals surface area contributed by atoms with Crippen molar-refractivity contribution in [2.45, 2.75) is 52.1 Å². The molecule has 0 bridgehead atoms. The van der Waals surface area contributed by atoms with Crippen LogP contribution in [0.2, 0.25) is 0 Å². The molecule has 2 N–H and O–H groups in total. The number of benzene rings is 1. The number of hydroxylamine groups is 2. The predicted molar refractivity (Wildman–Crippen MR) is 117 cm³/mol. The van der Waals surface area contributed by atoms with Crippen LogP contribution in [0.1, 0.15) is 51.0 Å². The van der Waals surface area contributed by atoms with Gasteiger partial charge in [-0.25, -0.2) is 4.79 Å². The molecule has 6 nitrogen and oxygen atoms in total. The van der Waals surface area contributed by atoms with Crippen LogP contribution >= 0.6 is 0 Å². The van der Waals surface area contributed by atoms with Crippen molar-refractivity contribution >= 4 is 11.7 Å². The van der Waals surface area contributed by atoms with Gasteiger partial charge in [-0.3, -0.25) is 9.82 Å². The molecule has 0 atom stereocenters. The van der Waals surface area contributed by atoms with Crippen LogP contribution in [0.4, 0.5) is 10.5 Å². The highest BCUT2D eigenvalue weighted by molar-refractivity contribution is 5.88. The number of unbranched alkanes of at least 4 members (excludes halogenated alkanes) is 5. The fourth-order valence-electron chi connectivity index (χ4n) is 2.99. The summed E-state index contributed by atoms with van der Waals surface area (Å²) in [5.74, 6) is 0. The lowest BCUT2D eigenvalue weighted by Crippen LogP contribution is -2.29. The molecule has 0 aliphatic heterocycles. The molecule has 1 aromatic heterocycles. The van der Waals surface area contributed by atoms with E-state index in [9.17, 15) is 4.79 Å². The number of carbonyl (C=O) groups excluding carboxylic acids is 1. The Kier molecular flexibility index (Phi) is 11.5. The number of hydrogen-bond acceptors (Lipinski definition) is 4. The van der Waals surface area contributed by atoms with Crippen molar-refractivity contribution in [3.8, 4) is 0 Å². The average Bonchev–Trinajstić information content (AvgIpc) is 2.76. The van der Waals surface area contributed by atoms with Gasteiger partial charge in [0.2, 0.25) is 0 Å². The van der Waals surface area contributed by atoms with E-state index in [1.165, 1.54) is 24.8 Å². The second-order valence-corrected chi connectivity index (χ2v) is 7.02. The smallest absolute Gasteiger partial charge is 0.319 e. The number of amides is 2. The van der Waals surface area contributed by atoms with Crippen molar-refractivity contribution < 1.29 is 9.63 Å². The Hall–Kier alpha value is -2.44. The van der Waals surface area contributed by atoms with E-state index < -0.39 is 0 Å². The van der Waals surface area contributed by atoms with Gasteiger partial charge >= 0.3 is 6.03 Å². The molecule has 0 spiro atoms. The zero-order chi connectivity index (χ0) is 20.6. The van der Waals surface area contributed by atoms with Gasteiger partial charge in [0, 0.05) is 37.7 Å². The van der Waals surface area contributed by atoms with Crippen LogP contribution in [0.5, 0.6) is 0 Å². The molecule has 0 saturated heterocycles. The fraction of sp³-hybridized carbons (Fsp3) is 0.478. The molecule has 0 radical (unpaired) electrons. The minimum atomic E-state index is -0.161. The summed E-state index contributed by atoms with van der Waals surface area (Å²) < 4.78 is 0. The highest BCUT2D eigenvalue weighted by Crippen LogP contribution is 2.08. The zero-order valence-electron chi connectivity index (χ0n) is 17.5. The predicted octanol–water partition coefficient (Wildman–Crippen LogP) is 5.00. The Labute approximate surface area is 174 Å². The van der Waals surface area contributed by atoms with Crippen LogP contribution in [0.3, 0.4) is 0 Å². The number of rotatable bonds is 14. The minimum absolute atomic E-state index is 0.161. The Balaban J connectivity index is 1.41. The first-order valence-electron chi connectivity index (χ1n) is 10.6. The van der Waals surface area contributed by atoms with Gasteiger partial charge in [-0.05, 0) is 30.5 Å². The number of nitrogens with zero attached hydrogens (tertiary/aromatic N) is 2. The largest absolute Gasteiger partial charge is 0.338 e. The molecule has 158 valence electrons. The monoisotopic (exact) mass is 398 g/mol. The van der Waals surface area contributed by atoms with Gasteiger partial charge < -0.3 is 10.6 Å². The molecular weight excluding hydrogens is 364 g/mol. The quantitative estimate of drug-likeness (QED) is 0.347. The third-order valence-corrected chi connectivity index (χ3v) is 4.67. The third kappa shape index (κ3) is 10.6. The molecule has 0 aliphatic rings. The summed E-state index contributed by atoms with van der Waals surface area (Å²) in [5.41, 5.74) is 1.96. The number of hydrogen-bond donors (Lipinski definition) is 2. The molecule has 2 rings (SSSR count). The fourth-order valence-corrected chi connectivity index (χ4v) is 2.99. The Morgan fingerprint density at radius 3 is 2.38 bits per heavy atom. The SMILES string of the molecule is CCN(CCCCCCCCNC(=O)Nc1ccncc1)OCc1ccccc1. The minimum Gasteiger partial charge on any atom is -0.338 e. The van der Waals surface area contributed by atoms with Crippen LogP contribution in [-0.2, 0) is 11.4 Å². The maximum Gasteiger partial charge on any atom is 0.319 e. The van der Waals surface area contributed by atoms with E-state index in [0.717, 1.165) is 38.0 Å². The van der Waals surface area contributed by atoms with Gasteiger partial charge in [0.15, 0.2) is 0 Å². The first kappa shape index (κ1) is 22.8. The van der Waals surface area contributed by atoms with Gasteiger partial charge in [-0.15, -0.1) is 0 Å². The highest BCUT2D eigenvalue weighted by Gasteiger charge is 2.03. The second-order valence-electron chi connectivity index (χ2n) is 7.02. The summed E-state index contributed by atoms with van der Waals surface area (Å²) in [4.78, 5) is 21.6. The lowest BCUT2D eigenvalue weighted by atomic mass is 10.1. The van der Waals surface area contributed by atoms with Crippen molar-refractivity contribution in [2.75, 3.05) is 25.0 Å². The average molecular weight is 399 g/mol. The van der Waals surface area contributed by atoms with E-state index in [1.54, 1.807) is 24.5 Å². The first-order chi connectivity index (χ1) is 14.3. The maximum absolute atomic E-state index is 11.8. The van der Waals surface area contributed by atoms with E-state index in [4.69, 9.17) is 4.84 Å². The van der Waals surface area contributed by atoms with Gasteiger partial charge in [0.25, 0.3) is 0 Å². The summed E-state index contributed by atoms with van der Waals surface area (Å²) in [5, 5.41) is 7.73. The van der Waals surface area contributed by atoms with E-state index in [0.29, 0.717) is 13.2 Å². The van der Waals surface area contributed by atoms with Crippen LogP contribution in [0.25, 0.3) is 0 Å². The summed E-state index contributed by atoms with van der Waals surface area (Å²) in [6.45, 7) is 5.34. The number of anilines is 1. The van der Waals surface area contributed by atoms with E-state index in [-0.39, 0.29) is 6.03 Å². The molecule has 6 heteroatoms. The molecule has 2 amide bonds. The first-order valence-corrected chi connectivity index (χ1v) is 10.6. The van der Waals surface area contributed by atoms with Gasteiger partial charge in [-0.1, -0.05) is 62.9 Å². The Morgan fingerprint density at radius 2 is 1.66 bits per heavy atom. The lowest BCUT2D eigenvalue weighted by molar-refractivity contribution is -0.167. The topological polar surface area (TPSA) is 66.5 Å². The second kappa shape index (κ2) is 14.5. The number of aromatic nitrogens is 1. The summed E-state index contributed by atoms with van der Waals surface area (Å²) in [6, 6.07) is 13.7. The zero-order valence-corrected chi connectivity index (χ0v) is 17.5. The van der Waals surface area contributed by atoms with Gasteiger partial charge in [0.05, 0.1) is 6.61 Å². The van der Waals surface area contributed by atoms with E-state index >= 15 is 0 Å². The standard InChI is InChI=1S/C23H34N4O2/c1-2-27(29-20-21-12-8-7-9-13-21)19-11-6-4-3-5-10-16-25-23(28)26-22-14-17-24-18-15-22/h7-9,12-15,17-18H,2-6,10-11,16,19-20H2,1H3,(H2,24,25,26,28). The van der Waals surface area contributed by atoms with Crippen LogP contribution in [-0.4, -0.2) is 35.7 Å². The van der Waals surface area contributed by atoms with Crippen molar-refractivity contribution in [1.82, 2.24) is 15.4 Å². The van der Waals surface area contributed by atoms with Gasteiger partial charge in [0.1, 0.15) is 0 Å². The summed E-state index contributed by atoms with van der Waals surface area (Å²) in [7, 11) is 0. The molecule has 2 aromatic rings. The molecule has 29 heavy (non-hydrogen) atoms. The summed E-state index contributed by atoms with van der Waals surface area (Å²) in [6.07, 6.45) is 10.2. The highest BCUT2D eigenvalue weighted by atomic mass is 16.7.